The average molecular weight is 1160 g/mol. The molecule has 0 saturated heterocycles. The van der Waals surface area contributed by atoms with Crippen LogP contribution >= 0.6 is 0 Å². The number of pyridine rings is 6. The second-order valence-electron chi connectivity index (χ2n) is 25.0. The molecular formula is C85H52N6. The molecule has 0 N–H and O–H groups in total. The maximum Gasteiger partial charge on any atom is 0.0978 e. The van der Waals surface area contributed by atoms with Gasteiger partial charge in [0.1, 0.15) is 0 Å². The van der Waals surface area contributed by atoms with Crippen LogP contribution in [0.5, 0.6) is 0 Å². The highest BCUT2D eigenvalue weighted by Gasteiger charge is 2.36. The Hall–Kier alpha value is -11.9. The molecule has 11 aromatic carbocycles. The number of rotatable bonds is 7. The van der Waals surface area contributed by atoms with Gasteiger partial charge in [0.05, 0.1) is 50.4 Å². The van der Waals surface area contributed by atoms with Crippen molar-refractivity contribution in [3.63, 3.8) is 0 Å². The van der Waals surface area contributed by atoms with E-state index in [0.717, 1.165) is 133 Å². The van der Waals surface area contributed by atoms with Crippen LogP contribution in [-0.4, -0.2) is 29.9 Å². The lowest BCUT2D eigenvalue weighted by Crippen LogP contribution is -2.15. The second-order valence-corrected chi connectivity index (χ2v) is 25.0. The zero-order valence-corrected chi connectivity index (χ0v) is 49.7. The van der Waals surface area contributed by atoms with Gasteiger partial charge in [-0.1, -0.05) is 202 Å². The van der Waals surface area contributed by atoms with Gasteiger partial charge in [-0.3, -0.25) is 9.97 Å². The van der Waals surface area contributed by atoms with Crippen molar-refractivity contribution in [2.45, 2.75) is 19.3 Å². The smallest absolute Gasteiger partial charge is 0.0978 e. The van der Waals surface area contributed by atoms with Crippen molar-refractivity contribution in [3.05, 3.63) is 291 Å². The van der Waals surface area contributed by atoms with E-state index in [1.165, 1.54) is 66.4 Å². The lowest BCUT2D eigenvalue weighted by atomic mass is 9.80. The van der Waals surface area contributed by atoms with Crippen molar-refractivity contribution in [1.29, 1.82) is 0 Å². The lowest BCUT2D eigenvalue weighted by molar-refractivity contribution is 0.661. The van der Waals surface area contributed by atoms with E-state index in [4.69, 9.17) is 24.9 Å². The van der Waals surface area contributed by atoms with Crippen LogP contribution in [-0.2, 0) is 5.41 Å². The van der Waals surface area contributed by atoms with E-state index in [2.05, 4.69) is 274 Å². The summed E-state index contributed by atoms with van der Waals surface area (Å²) in [7, 11) is 0. The van der Waals surface area contributed by atoms with E-state index in [1.807, 2.05) is 24.7 Å². The molecule has 422 valence electrons. The molecule has 0 amide bonds. The molecule has 19 rings (SSSR count). The number of hydrogen-bond acceptors (Lipinski definition) is 6. The predicted octanol–water partition coefficient (Wildman–Crippen LogP) is 21.8. The normalized spacial score (nSPS) is 12.8. The molecule has 0 aliphatic heterocycles. The fourth-order valence-electron chi connectivity index (χ4n) is 14.8. The second kappa shape index (κ2) is 19.6. The first-order valence-corrected chi connectivity index (χ1v) is 31.1. The molecule has 6 heteroatoms. The van der Waals surface area contributed by atoms with Gasteiger partial charge in [0.2, 0.25) is 0 Å². The number of benzene rings is 11. The van der Waals surface area contributed by atoms with Gasteiger partial charge in [-0.15, -0.1) is 0 Å². The van der Waals surface area contributed by atoms with Crippen LogP contribution in [0.2, 0.25) is 0 Å². The fraction of sp³-hybridized carbons (Fsp3) is 0.0353. The average Bonchev–Trinajstić information content (AvgIpc) is 1.81. The third kappa shape index (κ3) is 8.06. The standard InChI is InChI=1S/C85H52N6/c1-85(2)73-44-57(49-18-20-51(21-19-49)75-36-29-53-23-24-54-30-37-77(89-82(54)81(53)88-75)60-25-22-50-14-8-40-87-79(50)46-60)27-33-65(73)66-34-28-58(45-74(66)85)70-43-61-31-38-76(90-83(61)84-69(70)35-39-78(91-84)72-48-86-47-62-9-3-4-15-63(62)72)59-13-5-12-55(41-59)56-26-32-64-67-16-6-10-52-11-7-17-68(80(52)67)71(64)42-56/h3-48H,1-2H3. The quantitative estimate of drug-likeness (QED) is 0.148. The van der Waals surface area contributed by atoms with E-state index >= 15 is 0 Å². The SMILES string of the molecule is CC1(C)c2cc(-c3ccc(-c4ccc5ccc6ccc(-c7ccc8cccnc8c7)nc6c5n4)cc3)ccc2-c2ccc(-c3cc4ccc(-c5cccc(-c6ccc7c(c6)-c6cccc8cccc-7c68)c5)nc4c4nc(-c5cncc6ccccc56)ccc34)cc21. The molecule has 6 heterocycles. The minimum Gasteiger partial charge on any atom is -0.263 e. The summed E-state index contributed by atoms with van der Waals surface area (Å²) in [6, 6.07) is 94.6. The van der Waals surface area contributed by atoms with E-state index in [0.29, 0.717) is 0 Å². The summed E-state index contributed by atoms with van der Waals surface area (Å²) in [4.78, 5) is 31.0. The number of fused-ring (bicyclic) bond motifs is 14. The summed E-state index contributed by atoms with van der Waals surface area (Å²) in [6.07, 6.45) is 5.70. The van der Waals surface area contributed by atoms with Crippen molar-refractivity contribution < 1.29 is 0 Å². The summed E-state index contributed by atoms with van der Waals surface area (Å²) in [5.74, 6) is 0. The van der Waals surface area contributed by atoms with Crippen molar-refractivity contribution in [2.75, 3.05) is 0 Å². The third-order valence-electron chi connectivity index (χ3n) is 19.5. The van der Waals surface area contributed by atoms with Crippen LogP contribution in [0.15, 0.2) is 279 Å². The lowest BCUT2D eigenvalue weighted by Gasteiger charge is -2.23. The number of hydrogen-bond donors (Lipinski definition) is 0. The molecule has 0 spiro atoms. The van der Waals surface area contributed by atoms with E-state index in [9.17, 15) is 0 Å². The molecule has 2 aliphatic carbocycles. The molecular weight excluding hydrogens is 1100 g/mol. The van der Waals surface area contributed by atoms with Gasteiger partial charge >= 0.3 is 0 Å². The molecule has 0 saturated carbocycles. The topological polar surface area (TPSA) is 77.3 Å². The van der Waals surface area contributed by atoms with Crippen molar-refractivity contribution in [3.8, 4) is 112 Å². The molecule has 0 radical (unpaired) electrons. The molecule has 0 bridgehead atoms. The van der Waals surface area contributed by atoms with Crippen LogP contribution in [0.4, 0.5) is 0 Å². The van der Waals surface area contributed by atoms with Crippen LogP contribution in [0.3, 0.4) is 0 Å². The molecule has 0 atom stereocenters. The molecule has 2 aliphatic rings. The molecule has 0 unspecified atom stereocenters. The summed E-state index contributed by atoms with van der Waals surface area (Å²) in [6.45, 7) is 4.74. The predicted molar refractivity (Wildman–Crippen MR) is 376 cm³/mol. The third-order valence-corrected chi connectivity index (χ3v) is 19.5. The van der Waals surface area contributed by atoms with E-state index in [-0.39, 0.29) is 5.41 Å². The Labute approximate surface area is 524 Å². The summed E-state index contributed by atoms with van der Waals surface area (Å²) in [5, 5.41) is 10.1. The monoisotopic (exact) mass is 1160 g/mol. The minimum atomic E-state index is -0.281. The van der Waals surface area contributed by atoms with Crippen LogP contribution in [0, 0.1) is 0 Å². The minimum absolute atomic E-state index is 0.281. The Bertz CT molecular complexity index is 5990. The molecule has 6 nitrogen and oxygen atoms in total. The largest absolute Gasteiger partial charge is 0.263 e. The molecule has 6 aromatic heterocycles. The van der Waals surface area contributed by atoms with Gasteiger partial charge in [-0.05, 0) is 167 Å². The highest BCUT2D eigenvalue weighted by molar-refractivity contribution is 6.16. The number of nitrogens with zero attached hydrogens (tertiary/aromatic N) is 6. The van der Waals surface area contributed by atoms with E-state index < -0.39 is 0 Å². The van der Waals surface area contributed by atoms with Crippen LogP contribution < -0.4 is 0 Å². The Kier molecular flexibility index (Phi) is 11.0. The van der Waals surface area contributed by atoms with Crippen LogP contribution in [0.1, 0.15) is 25.0 Å². The first kappa shape index (κ1) is 51.2. The van der Waals surface area contributed by atoms with Gasteiger partial charge in [0.25, 0.3) is 0 Å². The van der Waals surface area contributed by atoms with Crippen molar-refractivity contribution >= 4 is 76.1 Å². The van der Waals surface area contributed by atoms with Gasteiger partial charge in [0.15, 0.2) is 0 Å². The molecule has 0 fully saturated rings. The first-order chi connectivity index (χ1) is 44.8. The fourth-order valence-corrected chi connectivity index (χ4v) is 14.8. The first-order valence-electron chi connectivity index (χ1n) is 31.1. The maximum absolute atomic E-state index is 5.60. The van der Waals surface area contributed by atoms with Gasteiger partial charge in [-0.25, -0.2) is 19.9 Å². The van der Waals surface area contributed by atoms with Gasteiger partial charge < -0.3 is 0 Å². The highest BCUT2D eigenvalue weighted by Crippen LogP contribution is 2.52. The Morgan fingerprint density at radius 3 is 1.58 bits per heavy atom. The Balaban J connectivity index is 0.661. The zero-order chi connectivity index (χ0) is 60.1. The van der Waals surface area contributed by atoms with Crippen LogP contribution in [0.25, 0.3) is 188 Å². The van der Waals surface area contributed by atoms with Crippen molar-refractivity contribution in [1.82, 2.24) is 29.9 Å². The Morgan fingerprint density at radius 1 is 0.264 bits per heavy atom. The Morgan fingerprint density at radius 2 is 0.802 bits per heavy atom. The summed E-state index contributed by atoms with van der Waals surface area (Å²) < 4.78 is 0. The molecule has 91 heavy (non-hydrogen) atoms. The van der Waals surface area contributed by atoms with E-state index in [1.54, 1.807) is 0 Å². The molecule has 17 aromatic rings. The van der Waals surface area contributed by atoms with Gasteiger partial charge in [-0.2, -0.15) is 0 Å². The maximum atomic E-state index is 5.60. The van der Waals surface area contributed by atoms with Gasteiger partial charge in [0, 0.05) is 78.6 Å². The zero-order valence-electron chi connectivity index (χ0n) is 49.7. The highest BCUT2D eigenvalue weighted by atomic mass is 14.8. The van der Waals surface area contributed by atoms with Crippen molar-refractivity contribution in [2.24, 2.45) is 0 Å². The summed E-state index contributed by atoms with van der Waals surface area (Å²) >= 11 is 0. The number of aromatic nitrogens is 6. The summed E-state index contributed by atoms with van der Waals surface area (Å²) in [5.41, 5.74) is 29.1.